The van der Waals surface area contributed by atoms with Gasteiger partial charge in [-0.2, -0.15) is 0 Å². The summed E-state index contributed by atoms with van der Waals surface area (Å²) in [5, 5.41) is 0. The number of ether oxygens (including phenoxy) is 2. The summed E-state index contributed by atoms with van der Waals surface area (Å²) in [4.78, 5) is 0. The van der Waals surface area contributed by atoms with E-state index < -0.39 is 0 Å². The quantitative estimate of drug-likeness (QED) is 0.0504. The Morgan fingerprint density at radius 2 is 0.811 bits per heavy atom. The number of hydrogen-bond acceptors (Lipinski definition) is 2. The fourth-order valence-electron chi connectivity index (χ4n) is 4.89. The van der Waals surface area contributed by atoms with Crippen LogP contribution < -0.4 is 17.0 Å². The number of rotatable bonds is 30. The Morgan fingerprint density at radius 3 is 1.16 bits per heavy atom. The highest BCUT2D eigenvalue weighted by Crippen LogP contribution is 2.13. The Balaban J connectivity index is 0. The van der Waals surface area contributed by atoms with Crippen LogP contribution in [0.1, 0.15) is 168 Å². The summed E-state index contributed by atoms with van der Waals surface area (Å²) < 4.78 is 14.2. The highest BCUT2D eigenvalue weighted by Gasteiger charge is 2.10. The van der Waals surface area contributed by atoms with E-state index in [1.54, 1.807) is 0 Å². The van der Waals surface area contributed by atoms with Crippen LogP contribution in [0, 0.1) is 0 Å². The van der Waals surface area contributed by atoms with E-state index in [1.807, 2.05) is 0 Å². The molecule has 0 aromatic rings. The van der Waals surface area contributed by atoms with Crippen LogP contribution in [0.15, 0.2) is 0 Å². The SMILES string of the molecule is CCCCCCCCCCCCCCOCC(C=[N+](C)C)OCCCCCCCCCCCCCC.[Br-]. The average Bonchev–Trinajstić information content (AvgIpc) is 2.86. The zero-order valence-electron chi connectivity index (χ0n) is 25.9. The highest BCUT2D eigenvalue weighted by molar-refractivity contribution is 5.57. The lowest BCUT2D eigenvalue weighted by Crippen LogP contribution is -3.00. The van der Waals surface area contributed by atoms with Gasteiger partial charge in [-0.15, -0.1) is 0 Å². The van der Waals surface area contributed by atoms with Gasteiger partial charge in [-0.3, -0.25) is 0 Å². The first kappa shape index (κ1) is 39.2. The third-order valence-electron chi connectivity index (χ3n) is 7.22. The fraction of sp³-hybridized carbons (Fsp3) is 0.970. The molecule has 0 heterocycles. The lowest BCUT2D eigenvalue weighted by molar-refractivity contribution is -0.462. The molecule has 1 atom stereocenters. The molecule has 0 saturated carbocycles. The minimum atomic E-state index is 0. The lowest BCUT2D eigenvalue weighted by Gasteiger charge is -2.13. The topological polar surface area (TPSA) is 21.5 Å². The van der Waals surface area contributed by atoms with Gasteiger partial charge in [0, 0.05) is 13.2 Å². The molecule has 0 aromatic carbocycles. The van der Waals surface area contributed by atoms with E-state index in [4.69, 9.17) is 9.47 Å². The van der Waals surface area contributed by atoms with E-state index in [9.17, 15) is 0 Å². The number of unbranched alkanes of at least 4 members (excludes halogenated alkanes) is 22. The largest absolute Gasteiger partial charge is 1.00 e. The molecule has 0 aliphatic rings. The van der Waals surface area contributed by atoms with E-state index >= 15 is 0 Å². The van der Waals surface area contributed by atoms with E-state index in [-0.39, 0.29) is 23.1 Å². The standard InChI is InChI=1S/C33H68NO2.BrH/c1-5-7-9-11-13-15-17-19-21-23-25-27-29-35-32-33(31-34(3)4)36-30-28-26-24-22-20-18-16-14-12-10-8-6-2;/h31,33H,5-30,32H2,1-4H3;1H/q+1;/p-1. The summed E-state index contributed by atoms with van der Waals surface area (Å²) >= 11 is 0. The van der Waals surface area contributed by atoms with Crippen molar-refractivity contribution >= 4 is 6.21 Å². The molecule has 37 heavy (non-hydrogen) atoms. The van der Waals surface area contributed by atoms with Crippen molar-refractivity contribution in [2.75, 3.05) is 33.9 Å². The highest BCUT2D eigenvalue weighted by atomic mass is 79.9. The Hall–Kier alpha value is 0.0700. The van der Waals surface area contributed by atoms with Gasteiger partial charge in [-0.05, 0) is 12.8 Å². The molecule has 0 amide bonds. The molecule has 0 aliphatic heterocycles. The molecule has 0 bridgehead atoms. The summed E-state index contributed by atoms with van der Waals surface area (Å²) in [5.41, 5.74) is 0. The van der Waals surface area contributed by atoms with Crippen molar-refractivity contribution in [1.29, 1.82) is 0 Å². The molecule has 0 N–H and O–H groups in total. The van der Waals surface area contributed by atoms with Gasteiger partial charge in [0.1, 0.15) is 14.1 Å². The molecule has 0 fully saturated rings. The van der Waals surface area contributed by atoms with Crippen LogP contribution in [0.5, 0.6) is 0 Å². The molecule has 0 rings (SSSR count). The molecule has 0 saturated heterocycles. The monoisotopic (exact) mass is 589 g/mol. The summed E-state index contributed by atoms with van der Waals surface area (Å²) in [7, 11) is 4.15. The zero-order chi connectivity index (χ0) is 26.4. The van der Waals surface area contributed by atoms with E-state index in [2.05, 4.69) is 38.7 Å². The first-order valence-electron chi connectivity index (χ1n) is 16.4. The smallest absolute Gasteiger partial charge is 0.170 e. The fourth-order valence-corrected chi connectivity index (χ4v) is 4.89. The third kappa shape index (κ3) is 34.0. The second kappa shape index (κ2) is 34.1. The van der Waals surface area contributed by atoms with Crippen LogP contribution in [0.3, 0.4) is 0 Å². The summed E-state index contributed by atoms with van der Waals surface area (Å²) in [6.45, 7) is 7.00. The minimum absolute atomic E-state index is 0. The normalized spacial score (nSPS) is 11.9. The summed E-state index contributed by atoms with van der Waals surface area (Å²) in [6.07, 6.45) is 35.5. The Labute approximate surface area is 244 Å². The van der Waals surface area contributed by atoms with Gasteiger partial charge in [0.25, 0.3) is 0 Å². The zero-order valence-corrected chi connectivity index (χ0v) is 27.5. The maximum atomic E-state index is 6.14. The molecule has 0 aliphatic carbocycles. The molecule has 0 spiro atoms. The lowest BCUT2D eigenvalue weighted by atomic mass is 10.1. The molecule has 0 radical (unpaired) electrons. The van der Waals surface area contributed by atoms with Crippen LogP contribution in [-0.4, -0.2) is 50.8 Å². The van der Waals surface area contributed by atoms with E-state index in [1.165, 1.54) is 154 Å². The van der Waals surface area contributed by atoms with Gasteiger partial charge >= 0.3 is 0 Å². The second-order valence-corrected chi connectivity index (χ2v) is 11.4. The van der Waals surface area contributed by atoms with Crippen LogP contribution in [0.2, 0.25) is 0 Å². The molecule has 224 valence electrons. The molecule has 3 nitrogen and oxygen atoms in total. The maximum Gasteiger partial charge on any atom is 0.170 e. The number of nitrogens with zero attached hydrogens (tertiary/aromatic N) is 1. The Kier molecular flexibility index (Phi) is 36.1. The average molecular weight is 591 g/mol. The number of halogens is 1. The van der Waals surface area contributed by atoms with Crippen molar-refractivity contribution in [3.8, 4) is 0 Å². The van der Waals surface area contributed by atoms with Crippen molar-refractivity contribution in [1.82, 2.24) is 0 Å². The molecule has 4 heteroatoms. The first-order valence-corrected chi connectivity index (χ1v) is 16.4. The van der Waals surface area contributed by atoms with Gasteiger partial charge in [0.05, 0.1) is 6.61 Å². The van der Waals surface area contributed by atoms with Gasteiger partial charge in [0.15, 0.2) is 12.3 Å². The molecular formula is C33H68BrNO2. The van der Waals surface area contributed by atoms with Gasteiger partial charge in [0.2, 0.25) is 0 Å². The first-order chi connectivity index (χ1) is 17.7. The van der Waals surface area contributed by atoms with Crippen molar-refractivity contribution in [2.45, 2.75) is 174 Å². The van der Waals surface area contributed by atoms with Crippen molar-refractivity contribution < 1.29 is 31.0 Å². The Bertz CT molecular complexity index is 440. The van der Waals surface area contributed by atoms with Crippen molar-refractivity contribution in [3.63, 3.8) is 0 Å². The maximum absolute atomic E-state index is 6.14. The molecule has 1 unspecified atom stereocenters. The summed E-state index contributed by atoms with van der Waals surface area (Å²) in [5.74, 6) is 0. The van der Waals surface area contributed by atoms with E-state index in [0.29, 0.717) is 6.61 Å². The van der Waals surface area contributed by atoms with E-state index in [0.717, 1.165) is 13.2 Å². The van der Waals surface area contributed by atoms with Crippen molar-refractivity contribution in [2.24, 2.45) is 0 Å². The molecule has 0 aromatic heterocycles. The van der Waals surface area contributed by atoms with Crippen molar-refractivity contribution in [3.05, 3.63) is 0 Å². The van der Waals surface area contributed by atoms with Gasteiger partial charge in [-0.25, -0.2) is 4.58 Å². The van der Waals surface area contributed by atoms with Crippen LogP contribution in [-0.2, 0) is 9.47 Å². The van der Waals surface area contributed by atoms with Gasteiger partial charge < -0.3 is 26.5 Å². The Morgan fingerprint density at radius 1 is 0.486 bits per heavy atom. The van der Waals surface area contributed by atoms with Crippen LogP contribution in [0.25, 0.3) is 0 Å². The molecular weight excluding hydrogens is 522 g/mol. The second-order valence-electron chi connectivity index (χ2n) is 11.4. The predicted molar refractivity (Wildman–Crippen MR) is 161 cm³/mol. The third-order valence-corrected chi connectivity index (χ3v) is 7.22. The van der Waals surface area contributed by atoms with Crippen LogP contribution in [0.4, 0.5) is 0 Å². The number of hydrogen-bond donors (Lipinski definition) is 0. The van der Waals surface area contributed by atoms with Gasteiger partial charge in [-0.1, -0.05) is 155 Å². The minimum Gasteiger partial charge on any atom is -1.00 e. The van der Waals surface area contributed by atoms with Crippen LogP contribution >= 0.6 is 0 Å². The summed E-state index contributed by atoms with van der Waals surface area (Å²) in [6, 6.07) is 0. The predicted octanol–water partition coefficient (Wildman–Crippen LogP) is 7.14.